The van der Waals surface area contributed by atoms with E-state index in [1.807, 2.05) is 67.6 Å². The van der Waals surface area contributed by atoms with Gasteiger partial charge in [0.2, 0.25) is 0 Å². The molecule has 0 aliphatic carbocycles. The number of hydrogen-bond donors (Lipinski definition) is 0. The van der Waals surface area contributed by atoms with Crippen LogP contribution in [0.2, 0.25) is 0 Å². The Morgan fingerprint density at radius 1 is 0.933 bits per heavy atom. The van der Waals surface area contributed by atoms with Crippen LogP contribution in [-0.4, -0.2) is 38.5 Å². The highest BCUT2D eigenvalue weighted by Crippen LogP contribution is 2.16. The van der Waals surface area contributed by atoms with E-state index in [0.717, 1.165) is 22.6 Å². The molecule has 0 bridgehead atoms. The van der Waals surface area contributed by atoms with E-state index >= 15 is 0 Å². The molecule has 0 heterocycles. The topological polar surface area (TPSA) is 54.0 Å². The van der Waals surface area contributed by atoms with E-state index in [1.165, 1.54) is 0 Å². The number of carbonyl (C=O) groups is 1. The third-order valence-electron chi connectivity index (χ3n) is 4.17. The number of benzene rings is 2. The minimum Gasteiger partial charge on any atom is -0.490 e. The summed E-state index contributed by atoms with van der Waals surface area (Å²) in [6.07, 6.45) is 5.56. The van der Waals surface area contributed by atoms with Crippen molar-refractivity contribution < 1.29 is 23.7 Å². The van der Waals surface area contributed by atoms with E-state index in [0.29, 0.717) is 32.8 Å². The lowest BCUT2D eigenvalue weighted by Crippen LogP contribution is -2.28. The van der Waals surface area contributed by atoms with Crippen LogP contribution in [0.25, 0.3) is 6.08 Å². The van der Waals surface area contributed by atoms with Gasteiger partial charge in [0.15, 0.2) is 6.10 Å². The SMILES string of the molecule is C=CCOc1ccc(C=CCOc2ccc(C[C@H](OCC)C(=O)OCC)cc2)cc1. The quantitative estimate of drug-likeness (QED) is 0.349. The summed E-state index contributed by atoms with van der Waals surface area (Å²) in [5, 5.41) is 0. The number of ether oxygens (including phenoxy) is 4. The van der Waals surface area contributed by atoms with E-state index in [2.05, 4.69) is 6.58 Å². The molecule has 0 unspecified atom stereocenters. The van der Waals surface area contributed by atoms with Crippen LogP contribution in [0.5, 0.6) is 11.5 Å². The Kier molecular flexibility index (Phi) is 10.2. The molecule has 160 valence electrons. The van der Waals surface area contributed by atoms with Crippen LogP contribution in [0.15, 0.2) is 67.3 Å². The molecule has 0 N–H and O–H groups in total. The Balaban J connectivity index is 1.81. The van der Waals surface area contributed by atoms with Gasteiger partial charge in [0.05, 0.1) is 6.61 Å². The molecule has 2 rings (SSSR count). The maximum absolute atomic E-state index is 12.0. The molecule has 2 aromatic carbocycles. The minimum atomic E-state index is -0.585. The number of hydrogen-bond acceptors (Lipinski definition) is 5. The summed E-state index contributed by atoms with van der Waals surface area (Å²) in [5.41, 5.74) is 2.06. The second-order valence-corrected chi connectivity index (χ2v) is 6.43. The molecule has 0 saturated heterocycles. The van der Waals surface area contributed by atoms with Crippen molar-refractivity contribution >= 4 is 12.0 Å². The van der Waals surface area contributed by atoms with Crippen LogP contribution in [0.1, 0.15) is 25.0 Å². The molecule has 2 aromatic rings. The average Bonchev–Trinajstić information content (AvgIpc) is 2.77. The van der Waals surface area contributed by atoms with E-state index in [4.69, 9.17) is 18.9 Å². The third kappa shape index (κ3) is 8.13. The smallest absolute Gasteiger partial charge is 0.335 e. The number of rotatable bonds is 13. The molecule has 0 fully saturated rings. The molecule has 1 atom stereocenters. The van der Waals surface area contributed by atoms with Crippen molar-refractivity contribution in [3.8, 4) is 11.5 Å². The highest BCUT2D eigenvalue weighted by Gasteiger charge is 2.20. The largest absolute Gasteiger partial charge is 0.490 e. The fraction of sp³-hybridized carbons (Fsp3) is 0.320. The van der Waals surface area contributed by atoms with Crippen molar-refractivity contribution in [3.05, 3.63) is 78.4 Å². The summed E-state index contributed by atoms with van der Waals surface area (Å²) < 4.78 is 21.8. The molecule has 0 aliphatic heterocycles. The van der Waals surface area contributed by atoms with Crippen molar-refractivity contribution in [2.45, 2.75) is 26.4 Å². The molecule has 0 radical (unpaired) electrons. The second-order valence-electron chi connectivity index (χ2n) is 6.43. The van der Waals surface area contributed by atoms with E-state index < -0.39 is 6.10 Å². The monoisotopic (exact) mass is 410 g/mol. The Hall–Kier alpha value is -3.05. The maximum atomic E-state index is 12.0. The minimum absolute atomic E-state index is 0.329. The molecule has 0 saturated carbocycles. The lowest BCUT2D eigenvalue weighted by Gasteiger charge is -2.15. The van der Waals surface area contributed by atoms with Crippen LogP contribution >= 0.6 is 0 Å². The third-order valence-corrected chi connectivity index (χ3v) is 4.17. The van der Waals surface area contributed by atoms with Crippen molar-refractivity contribution in [1.29, 1.82) is 0 Å². The zero-order valence-electron chi connectivity index (χ0n) is 17.7. The summed E-state index contributed by atoms with van der Waals surface area (Å²) in [6, 6.07) is 15.5. The summed E-state index contributed by atoms with van der Waals surface area (Å²) in [5.74, 6) is 1.25. The molecule has 0 amide bonds. The summed E-state index contributed by atoms with van der Waals surface area (Å²) in [6.45, 7) is 9.04. The fourth-order valence-electron chi connectivity index (χ4n) is 2.74. The molecular formula is C25H30O5. The van der Waals surface area contributed by atoms with E-state index in [9.17, 15) is 4.79 Å². The summed E-state index contributed by atoms with van der Waals surface area (Å²) >= 11 is 0. The van der Waals surface area contributed by atoms with Crippen molar-refractivity contribution in [2.24, 2.45) is 0 Å². The number of carbonyl (C=O) groups excluding carboxylic acids is 1. The first-order valence-corrected chi connectivity index (χ1v) is 10.2. The second kappa shape index (κ2) is 13.2. The zero-order chi connectivity index (χ0) is 21.6. The van der Waals surface area contributed by atoms with Gasteiger partial charge in [0.25, 0.3) is 0 Å². The van der Waals surface area contributed by atoms with Crippen LogP contribution in [-0.2, 0) is 20.7 Å². The van der Waals surface area contributed by atoms with Gasteiger partial charge in [-0.3, -0.25) is 0 Å². The average molecular weight is 411 g/mol. The molecular weight excluding hydrogens is 380 g/mol. The Morgan fingerprint density at radius 3 is 2.17 bits per heavy atom. The summed E-state index contributed by atoms with van der Waals surface area (Å²) in [7, 11) is 0. The fourth-order valence-corrected chi connectivity index (χ4v) is 2.74. The predicted octanol–water partition coefficient (Wildman–Crippen LogP) is 4.85. The van der Waals surface area contributed by atoms with Crippen LogP contribution < -0.4 is 9.47 Å². The summed E-state index contributed by atoms with van der Waals surface area (Å²) in [4.78, 5) is 12.0. The van der Waals surface area contributed by atoms with Crippen LogP contribution in [0.4, 0.5) is 0 Å². The van der Waals surface area contributed by atoms with Gasteiger partial charge in [-0.25, -0.2) is 4.79 Å². The van der Waals surface area contributed by atoms with Crippen LogP contribution in [0.3, 0.4) is 0 Å². The Morgan fingerprint density at radius 2 is 1.57 bits per heavy atom. The van der Waals surface area contributed by atoms with Crippen molar-refractivity contribution in [1.82, 2.24) is 0 Å². The van der Waals surface area contributed by atoms with Crippen LogP contribution in [0, 0.1) is 0 Å². The Labute approximate surface area is 178 Å². The first-order valence-electron chi connectivity index (χ1n) is 10.2. The van der Waals surface area contributed by atoms with Gasteiger partial charge in [0, 0.05) is 13.0 Å². The van der Waals surface area contributed by atoms with Gasteiger partial charge in [-0.05, 0) is 55.3 Å². The highest BCUT2D eigenvalue weighted by molar-refractivity contribution is 5.75. The maximum Gasteiger partial charge on any atom is 0.335 e. The van der Waals surface area contributed by atoms with Gasteiger partial charge in [0.1, 0.15) is 24.7 Å². The van der Waals surface area contributed by atoms with Gasteiger partial charge in [-0.15, -0.1) is 0 Å². The zero-order valence-corrected chi connectivity index (χ0v) is 17.7. The molecule has 0 aromatic heterocycles. The molecule has 0 aliphatic rings. The van der Waals surface area contributed by atoms with Crippen molar-refractivity contribution in [3.63, 3.8) is 0 Å². The predicted molar refractivity (Wildman–Crippen MR) is 119 cm³/mol. The first kappa shape index (κ1) is 23.2. The lowest BCUT2D eigenvalue weighted by atomic mass is 10.1. The Bertz CT molecular complexity index is 793. The molecule has 5 heteroatoms. The van der Waals surface area contributed by atoms with Crippen molar-refractivity contribution in [2.75, 3.05) is 26.4 Å². The molecule has 30 heavy (non-hydrogen) atoms. The van der Waals surface area contributed by atoms with Gasteiger partial charge >= 0.3 is 5.97 Å². The normalized spacial score (nSPS) is 11.8. The van der Waals surface area contributed by atoms with Gasteiger partial charge in [-0.1, -0.05) is 43.0 Å². The number of esters is 1. The first-order chi connectivity index (χ1) is 14.7. The molecule has 0 spiro atoms. The van der Waals surface area contributed by atoms with E-state index in [-0.39, 0.29) is 5.97 Å². The standard InChI is InChI=1S/C25H30O5/c1-4-17-29-22-13-9-20(10-14-22)8-7-18-30-23-15-11-21(12-16-23)19-24(27-5-2)25(26)28-6-3/h4,7-16,24H,1,5-6,17-19H2,2-3H3/t24-/m0/s1. The van der Waals surface area contributed by atoms with Gasteiger partial charge < -0.3 is 18.9 Å². The highest BCUT2D eigenvalue weighted by atomic mass is 16.6. The van der Waals surface area contributed by atoms with E-state index in [1.54, 1.807) is 13.0 Å². The molecule has 5 nitrogen and oxygen atoms in total. The van der Waals surface area contributed by atoms with Gasteiger partial charge in [-0.2, -0.15) is 0 Å². The lowest BCUT2D eigenvalue weighted by molar-refractivity contribution is -0.156.